The number of furan rings is 1. The molecule has 1 heterocycles. The number of nitrogens with zero attached hydrogens (tertiary/aromatic N) is 1. The smallest absolute Gasteiger partial charge is 0.105 e. The standard InChI is InChI=1S/C14H19NO/c15-12-14(11-13-7-6-10-16-13)8-4-2-1-3-5-9-14/h6-7,10H,1-5,8-9,11H2. The van der Waals surface area contributed by atoms with E-state index in [1.165, 1.54) is 32.1 Å². The third-order valence-electron chi connectivity index (χ3n) is 3.64. The highest BCUT2D eigenvalue weighted by Crippen LogP contribution is 2.36. The van der Waals surface area contributed by atoms with Gasteiger partial charge in [-0.25, -0.2) is 0 Å². The molecule has 0 atom stereocenters. The van der Waals surface area contributed by atoms with E-state index in [1.54, 1.807) is 6.26 Å². The number of rotatable bonds is 2. The fourth-order valence-electron chi connectivity index (χ4n) is 2.66. The summed E-state index contributed by atoms with van der Waals surface area (Å²) in [4.78, 5) is 0. The summed E-state index contributed by atoms with van der Waals surface area (Å²) in [7, 11) is 0. The van der Waals surface area contributed by atoms with Gasteiger partial charge in [-0.2, -0.15) is 5.26 Å². The van der Waals surface area contributed by atoms with Crippen LogP contribution in [0.5, 0.6) is 0 Å². The number of nitriles is 1. The monoisotopic (exact) mass is 217 g/mol. The Bertz CT molecular complexity index is 339. The first-order valence-electron chi connectivity index (χ1n) is 6.28. The molecular formula is C14H19NO. The van der Waals surface area contributed by atoms with Gasteiger partial charge in [-0.05, 0) is 25.0 Å². The van der Waals surface area contributed by atoms with Crippen molar-refractivity contribution in [1.82, 2.24) is 0 Å². The van der Waals surface area contributed by atoms with Gasteiger partial charge in [0, 0.05) is 6.42 Å². The normalized spacial score (nSPS) is 20.7. The van der Waals surface area contributed by atoms with Crippen molar-refractivity contribution in [1.29, 1.82) is 5.26 Å². The highest BCUT2D eigenvalue weighted by molar-refractivity contribution is 5.09. The second-order valence-electron chi connectivity index (χ2n) is 4.92. The van der Waals surface area contributed by atoms with Crippen LogP contribution in [-0.2, 0) is 6.42 Å². The average molecular weight is 217 g/mol. The summed E-state index contributed by atoms with van der Waals surface area (Å²) in [6.45, 7) is 0. The van der Waals surface area contributed by atoms with Gasteiger partial charge in [0.25, 0.3) is 0 Å². The van der Waals surface area contributed by atoms with E-state index in [1.807, 2.05) is 12.1 Å². The summed E-state index contributed by atoms with van der Waals surface area (Å²) >= 11 is 0. The molecule has 0 unspecified atom stereocenters. The van der Waals surface area contributed by atoms with Gasteiger partial charge in [-0.15, -0.1) is 0 Å². The number of hydrogen-bond donors (Lipinski definition) is 0. The molecule has 16 heavy (non-hydrogen) atoms. The Hall–Kier alpha value is -1.23. The van der Waals surface area contributed by atoms with Crippen LogP contribution in [0.4, 0.5) is 0 Å². The summed E-state index contributed by atoms with van der Waals surface area (Å²) in [5, 5.41) is 9.47. The van der Waals surface area contributed by atoms with Crippen molar-refractivity contribution in [2.45, 2.75) is 51.4 Å². The maximum absolute atomic E-state index is 9.47. The van der Waals surface area contributed by atoms with Crippen molar-refractivity contribution < 1.29 is 4.42 Å². The highest BCUT2D eigenvalue weighted by Gasteiger charge is 2.31. The van der Waals surface area contributed by atoms with E-state index in [2.05, 4.69) is 6.07 Å². The minimum atomic E-state index is -0.168. The lowest BCUT2D eigenvalue weighted by atomic mass is 9.74. The van der Waals surface area contributed by atoms with Crippen LogP contribution in [0.2, 0.25) is 0 Å². The molecule has 1 fully saturated rings. The molecule has 0 amide bonds. The zero-order valence-electron chi connectivity index (χ0n) is 9.74. The topological polar surface area (TPSA) is 36.9 Å². The van der Waals surface area contributed by atoms with Gasteiger partial charge < -0.3 is 4.42 Å². The summed E-state index contributed by atoms with van der Waals surface area (Å²) in [5.74, 6) is 0.960. The molecule has 0 radical (unpaired) electrons. The fourth-order valence-corrected chi connectivity index (χ4v) is 2.66. The quantitative estimate of drug-likeness (QED) is 0.748. The zero-order chi connectivity index (χ0) is 11.3. The highest BCUT2D eigenvalue weighted by atomic mass is 16.3. The largest absolute Gasteiger partial charge is 0.469 e. The van der Waals surface area contributed by atoms with Gasteiger partial charge in [0.05, 0.1) is 17.7 Å². The minimum absolute atomic E-state index is 0.168. The molecule has 1 aliphatic carbocycles. The Morgan fingerprint density at radius 2 is 1.88 bits per heavy atom. The maximum Gasteiger partial charge on any atom is 0.105 e. The van der Waals surface area contributed by atoms with Gasteiger partial charge in [0.15, 0.2) is 0 Å². The van der Waals surface area contributed by atoms with Gasteiger partial charge in [-0.3, -0.25) is 0 Å². The molecule has 2 heteroatoms. The molecule has 0 N–H and O–H groups in total. The Morgan fingerprint density at radius 1 is 1.19 bits per heavy atom. The Kier molecular flexibility index (Phi) is 3.66. The van der Waals surface area contributed by atoms with Crippen molar-refractivity contribution in [2.75, 3.05) is 0 Å². The van der Waals surface area contributed by atoms with Crippen molar-refractivity contribution >= 4 is 0 Å². The minimum Gasteiger partial charge on any atom is -0.469 e. The van der Waals surface area contributed by atoms with Crippen LogP contribution in [0, 0.1) is 16.7 Å². The Labute approximate surface area is 97.3 Å². The lowest BCUT2D eigenvalue weighted by Gasteiger charge is -2.27. The lowest BCUT2D eigenvalue weighted by molar-refractivity contribution is 0.270. The van der Waals surface area contributed by atoms with Crippen LogP contribution in [0.25, 0.3) is 0 Å². The van der Waals surface area contributed by atoms with Crippen molar-refractivity contribution in [3.8, 4) is 6.07 Å². The molecule has 0 bridgehead atoms. The molecule has 1 aliphatic rings. The van der Waals surface area contributed by atoms with Gasteiger partial charge in [0.1, 0.15) is 5.76 Å². The van der Waals surface area contributed by atoms with Crippen LogP contribution in [0.1, 0.15) is 50.7 Å². The summed E-state index contributed by atoms with van der Waals surface area (Å²) in [6.07, 6.45) is 10.8. The van der Waals surface area contributed by atoms with Crippen LogP contribution in [-0.4, -0.2) is 0 Å². The van der Waals surface area contributed by atoms with Gasteiger partial charge >= 0.3 is 0 Å². The van der Waals surface area contributed by atoms with E-state index < -0.39 is 0 Å². The summed E-state index contributed by atoms with van der Waals surface area (Å²) in [5.41, 5.74) is -0.168. The van der Waals surface area contributed by atoms with E-state index in [9.17, 15) is 5.26 Å². The van der Waals surface area contributed by atoms with Gasteiger partial charge in [0.2, 0.25) is 0 Å². The zero-order valence-corrected chi connectivity index (χ0v) is 9.74. The first-order valence-corrected chi connectivity index (χ1v) is 6.28. The van der Waals surface area contributed by atoms with Crippen molar-refractivity contribution in [3.63, 3.8) is 0 Å². The van der Waals surface area contributed by atoms with E-state index >= 15 is 0 Å². The SMILES string of the molecule is N#CC1(Cc2ccco2)CCCCCCC1. The van der Waals surface area contributed by atoms with Crippen LogP contribution < -0.4 is 0 Å². The first-order chi connectivity index (χ1) is 7.85. The summed E-state index contributed by atoms with van der Waals surface area (Å²) < 4.78 is 5.38. The second kappa shape index (κ2) is 5.21. The maximum atomic E-state index is 9.47. The van der Waals surface area contributed by atoms with Crippen molar-refractivity contribution in [2.24, 2.45) is 5.41 Å². The third-order valence-corrected chi connectivity index (χ3v) is 3.64. The Morgan fingerprint density at radius 3 is 2.44 bits per heavy atom. The van der Waals surface area contributed by atoms with Crippen LogP contribution >= 0.6 is 0 Å². The van der Waals surface area contributed by atoms with Gasteiger partial charge in [-0.1, -0.05) is 32.1 Å². The molecule has 2 rings (SSSR count). The van der Waals surface area contributed by atoms with Crippen molar-refractivity contribution in [3.05, 3.63) is 24.2 Å². The predicted molar refractivity (Wildman–Crippen MR) is 62.8 cm³/mol. The lowest BCUT2D eigenvalue weighted by Crippen LogP contribution is -2.22. The molecule has 0 aromatic carbocycles. The summed E-state index contributed by atoms with van der Waals surface area (Å²) in [6, 6.07) is 6.45. The molecule has 1 aromatic rings. The van der Waals surface area contributed by atoms with Crippen LogP contribution in [0.3, 0.4) is 0 Å². The first kappa shape index (κ1) is 11.3. The van der Waals surface area contributed by atoms with E-state index in [0.29, 0.717) is 0 Å². The molecule has 2 nitrogen and oxygen atoms in total. The fraction of sp³-hybridized carbons (Fsp3) is 0.643. The molecule has 86 valence electrons. The third kappa shape index (κ3) is 2.66. The number of hydrogen-bond acceptors (Lipinski definition) is 2. The average Bonchev–Trinajstić information content (AvgIpc) is 2.75. The molecule has 1 aromatic heterocycles. The van der Waals surface area contributed by atoms with E-state index in [0.717, 1.165) is 25.0 Å². The van der Waals surface area contributed by atoms with E-state index in [-0.39, 0.29) is 5.41 Å². The molecule has 0 aliphatic heterocycles. The molecular weight excluding hydrogens is 198 g/mol. The van der Waals surface area contributed by atoms with E-state index in [4.69, 9.17) is 4.42 Å². The predicted octanol–water partition coefficient (Wildman–Crippen LogP) is 4.08. The molecule has 1 saturated carbocycles. The molecule has 0 spiro atoms. The van der Waals surface area contributed by atoms with Crippen LogP contribution in [0.15, 0.2) is 22.8 Å². The molecule has 0 saturated heterocycles. The Balaban J connectivity index is 2.07. The second-order valence-corrected chi connectivity index (χ2v) is 4.92.